The third-order valence-electron chi connectivity index (χ3n) is 3.66. The molecule has 0 saturated carbocycles. The second-order valence-corrected chi connectivity index (χ2v) is 6.73. The summed E-state index contributed by atoms with van der Waals surface area (Å²) >= 11 is 1.90. The maximum Gasteiger partial charge on any atom is 0.0210 e. The first-order chi connectivity index (χ1) is 9.06. The SMILES string of the molecule is Cc1ccc(CC(C)NCc2cccc(C)c2C)s1. The number of nitrogens with one attached hydrogen (secondary N) is 1. The van der Waals surface area contributed by atoms with E-state index in [-0.39, 0.29) is 0 Å². The van der Waals surface area contributed by atoms with Crippen LogP contribution in [0.25, 0.3) is 0 Å². The summed E-state index contributed by atoms with van der Waals surface area (Å²) in [6.07, 6.45) is 1.11. The standard InChI is InChI=1S/C17H23NS/c1-12-6-5-7-16(15(12)4)11-18-13(2)10-17-9-8-14(3)19-17/h5-9,13,18H,10-11H2,1-4H3. The van der Waals surface area contributed by atoms with Gasteiger partial charge in [0, 0.05) is 22.3 Å². The number of aryl methyl sites for hydroxylation is 2. The number of hydrogen-bond donors (Lipinski definition) is 1. The van der Waals surface area contributed by atoms with Crippen molar-refractivity contribution in [3.05, 3.63) is 56.8 Å². The lowest BCUT2D eigenvalue weighted by Crippen LogP contribution is -2.27. The molecule has 1 nitrogen and oxygen atoms in total. The molecule has 0 bridgehead atoms. The minimum absolute atomic E-state index is 0.512. The lowest BCUT2D eigenvalue weighted by molar-refractivity contribution is 0.547. The molecule has 1 atom stereocenters. The molecule has 0 spiro atoms. The molecule has 19 heavy (non-hydrogen) atoms. The molecular formula is C17H23NS. The van der Waals surface area contributed by atoms with Crippen molar-refractivity contribution in [2.75, 3.05) is 0 Å². The van der Waals surface area contributed by atoms with E-state index < -0.39 is 0 Å². The van der Waals surface area contributed by atoms with E-state index in [4.69, 9.17) is 0 Å². The van der Waals surface area contributed by atoms with Crippen molar-refractivity contribution in [2.45, 2.75) is 46.7 Å². The molecule has 1 heterocycles. The van der Waals surface area contributed by atoms with Crippen LogP contribution < -0.4 is 5.32 Å². The number of benzene rings is 1. The van der Waals surface area contributed by atoms with Crippen molar-refractivity contribution >= 4 is 11.3 Å². The van der Waals surface area contributed by atoms with Crippen LogP contribution in [0.15, 0.2) is 30.3 Å². The predicted molar refractivity (Wildman–Crippen MR) is 85.0 cm³/mol. The van der Waals surface area contributed by atoms with Gasteiger partial charge in [-0.1, -0.05) is 18.2 Å². The molecule has 1 aromatic heterocycles. The van der Waals surface area contributed by atoms with E-state index in [1.54, 1.807) is 0 Å². The molecule has 1 unspecified atom stereocenters. The average Bonchev–Trinajstić information content (AvgIpc) is 2.76. The molecule has 2 aromatic rings. The van der Waals surface area contributed by atoms with Gasteiger partial charge in [-0.2, -0.15) is 0 Å². The Hall–Kier alpha value is -1.12. The van der Waals surface area contributed by atoms with E-state index in [2.05, 4.69) is 63.3 Å². The van der Waals surface area contributed by atoms with Crippen LogP contribution in [-0.4, -0.2) is 6.04 Å². The van der Waals surface area contributed by atoms with Crippen LogP contribution >= 0.6 is 11.3 Å². The van der Waals surface area contributed by atoms with E-state index >= 15 is 0 Å². The first-order valence-electron chi connectivity index (χ1n) is 6.90. The Morgan fingerprint density at radius 1 is 1.11 bits per heavy atom. The summed E-state index contributed by atoms with van der Waals surface area (Å²) in [5.74, 6) is 0. The molecule has 2 heteroatoms. The highest BCUT2D eigenvalue weighted by Crippen LogP contribution is 2.17. The summed E-state index contributed by atoms with van der Waals surface area (Å²) in [5, 5.41) is 3.63. The number of thiophene rings is 1. The van der Waals surface area contributed by atoms with Gasteiger partial charge in [0.15, 0.2) is 0 Å². The fourth-order valence-electron chi connectivity index (χ4n) is 2.26. The van der Waals surface area contributed by atoms with E-state index in [1.165, 1.54) is 26.4 Å². The summed E-state index contributed by atoms with van der Waals surface area (Å²) in [7, 11) is 0. The van der Waals surface area contributed by atoms with Gasteiger partial charge < -0.3 is 5.32 Å². The highest BCUT2D eigenvalue weighted by atomic mass is 32.1. The van der Waals surface area contributed by atoms with Crippen molar-refractivity contribution < 1.29 is 0 Å². The minimum Gasteiger partial charge on any atom is -0.310 e. The Morgan fingerprint density at radius 3 is 2.58 bits per heavy atom. The molecule has 0 amide bonds. The van der Waals surface area contributed by atoms with Crippen LogP contribution in [0.5, 0.6) is 0 Å². The van der Waals surface area contributed by atoms with Gasteiger partial charge in [-0.15, -0.1) is 11.3 Å². The van der Waals surface area contributed by atoms with Gasteiger partial charge in [0.25, 0.3) is 0 Å². The third-order valence-corrected chi connectivity index (χ3v) is 4.68. The highest BCUT2D eigenvalue weighted by molar-refractivity contribution is 7.11. The predicted octanol–water partition coefficient (Wildman–Crippen LogP) is 4.39. The Kier molecular flexibility index (Phi) is 4.78. The molecule has 0 aliphatic carbocycles. The van der Waals surface area contributed by atoms with Crippen LogP contribution in [0.2, 0.25) is 0 Å². The van der Waals surface area contributed by atoms with Crippen molar-refractivity contribution in [1.29, 1.82) is 0 Å². The van der Waals surface area contributed by atoms with Crippen LogP contribution in [0.4, 0.5) is 0 Å². The third kappa shape index (κ3) is 3.92. The lowest BCUT2D eigenvalue weighted by atomic mass is 10.0. The zero-order valence-electron chi connectivity index (χ0n) is 12.3. The molecule has 0 aliphatic heterocycles. The number of hydrogen-bond acceptors (Lipinski definition) is 2. The maximum absolute atomic E-state index is 3.63. The van der Waals surface area contributed by atoms with E-state index in [0.717, 1.165) is 13.0 Å². The average molecular weight is 273 g/mol. The zero-order valence-corrected chi connectivity index (χ0v) is 13.1. The van der Waals surface area contributed by atoms with Gasteiger partial charge in [-0.05, 0) is 62.9 Å². The van der Waals surface area contributed by atoms with Crippen LogP contribution in [0.1, 0.15) is 33.4 Å². The molecule has 0 radical (unpaired) electrons. The second kappa shape index (κ2) is 6.36. The molecule has 102 valence electrons. The van der Waals surface area contributed by atoms with Gasteiger partial charge in [-0.25, -0.2) is 0 Å². The van der Waals surface area contributed by atoms with Crippen molar-refractivity contribution in [3.8, 4) is 0 Å². The molecule has 0 fully saturated rings. The maximum atomic E-state index is 3.63. The highest BCUT2D eigenvalue weighted by Gasteiger charge is 2.06. The topological polar surface area (TPSA) is 12.0 Å². The molecule has 0 saturated heterocycles. The Bertz CT molecular complexity index is 542. The summed E-state index contributed by atoms with van der Waals surface area (Å²) in [6.45, 7) is 9.78. The zero-order chi connectivity index (χ0) is 13.8. The molecule has 1 aromatic carbocycles. The minimum atomic E-state index is 0.512. The van der Waals surface area contributed by atoms with Gasteiger partial charge >= 0.3 is 0 Å². The van der Waals surface area contributed by atoms with Gasteiger partial charge in [0.2, 0.25) is 0 Å². The Balaban J connectivity index is 1.89. The molecular weight excluding hydrogens is 250 g/mol. The largest absolute Gasteiger partial charge is 0.310 e. The number of rotatable bonds is 5. The molecule has 2 rings (SSSR count). The summed E-state index contributed by atoms with van der Waals surface area (Å²) in [6, 6.07) is 11.5. The smallest absolute Gasteiger partial charge is 0.0210 e. The van der Waals surface area contributed by atoms with Gasteiger partial charge in [0.1, 0.15) is 0 Å². The fourth-order valence-corrected chi connectivity index (χ4v) is 3.28. The second-order valence-electron chi connectivity index (χ2n) is 5.36. The Labute approximate surface area is 120 Å². The molecule has 0 aliphatic rings. The fraction of sp³-hybridized carbons (Fsp3) is 0.412. The van der Waals surface area contributed by atoms with E-state index in [9.17, 15) is 0 Å². The van der Waals surface area contributed by atoms with E-state index in [1.807, 2.05) is 11.3 Å². The van der Waals surface area contributed by atoms with Crippen LogP contribution in [0.3, 0.4) is 0 Å². The van der Waals surface area contributed by atoms with Gasteiger partial charge in [0.05, 0.1) is 0 Å². The van der Waals surface area contributed by atoms with Crippen LogP contribution in [-0.2, 0) is 13.0 Å². The summed E-state index contributed by atoms with van der Waals surface area (Å²) in [5.41, 5.74) is 4.20. The van der Waals surface area contributed by atoms with E-state index in [0.29, 0.717) is 6.04 Å². The first kappa shape index (κ1) is 14.3. The lowest BCUT2D eigenvalue weighted by Gasteiger charge is -2.15. The molecule has 1 N–H and O–H groups in total. The summed E-state index contributed by atoms with van der Waals surface area (Å²) in [4.78, 5) is 2.87. The quantitative estimate of drug-likeness (QED) is 0.851. The Morgan fingerprint density at radius 2 is 1.89 bits per heavy atom. The normalized spacial score (nSPS) is 12.6. The van der Waals surface area contributed by atoms with Crippen LogP contribution in [0, 0.1) is 20.8 Å². The van der Waals surface area contributed by atoms with Crippen molar-refractivity contribution in [1.82, 2.24) is 5.32 Å². The monoisotopic (exact) mass is 273 g/mol. The van der Waals surface area contributed by atoms with Gasteiger partial charge in [-0.3, -0.25) is 0 Å². The van der Waals surface area contributed by atoms with Crippen molar-refractivity contribution in [2.24, 2.45) is 0 Å². The first-order valence-corrected chi connectivity index (χ1v) is 7.71. The van der Waals surface area contributed by atoms with Crippen molar-refractivity contribution in [3.63, 3.8) is 0 Å². The summed E-state index contributed by atoms with van der Waals surface area (Å²) < 4.78 is 0.